The highest BCUT2D eigenvalue weighted by Crippen LogP contribution is 2.21. The molecule has 0 amide bonds. The summed E-state index contributed by atoms with van der Waals surface area (Å²) in [5.74, 6) is 0.524. The average Bonchev–Trinajstić information content (AvgIpc) is 2.28. The van der Waals surface area contributed by atoms with Crippen LogP contribution in [0.1, 0.15) is 33.4 Å². The van der Waals surface area contributed by atoms with E-state index < -0.39 is 0 Å². The van der Waals surface area contributed by atoms with E-state index in [1.54, 1.807) is 6.20 Å². The van der Waals surface area contributed by atoms with Gasteiger partial charge in [0.25, 0.3) is 0 Å². The van der Waals surface area contributed by atoms with Crippen LogP contribution >= 0.6 is 0 Å². The highest BCUT2D eigenvalue weighted by Gasteiger charge is 2.20. The fourth-order valence-electron chi connectivity index (χ4n) is 1.11. The normalized spacial score (nSPS) is 13.9. The Hall–Kier alpha value is -1.89. The van der Waals surface area contributed by atoms with E-state index >= 15 is 0 Å². The van der Waals surface area contributed by atoms with Crippen LogP contribution in [0.2, 0.25) is 0 Å². The predicted molar refractivity (Wildman–Crippen MR) is 68.4 cm³/mol. The van der Waals surface area contributed by atoms with Crippen LogP contribution in [-0.2, 0) is 0 Å². The summed E-state index contributed by atoms with van der Waals surface area (Å²) in [6.45, 7) is 8.37. The van der Waals surface area contributed by atoms with E-state index in [4.69, 9.17) is 5.26 Å². The minimum Gasteiger partial charge on any atom is -0.275 e. The first-order valence-electron chi connectivity index (χ1n) is 5.59. The molecule has 1 aromatic rings. The molecule has 0 spiro atoms. The third-order valence-electron chi connectivity index (χ3n) is 2.66. The molecule has 1 unspecified atom stereocenters. The molecule has 17 heavy (non-hydrogen) atoms. The van der Waals surface area contributed by atoms with Crippen LogP contribution in [0, 0.1) is 16.9 Å². The van der Waals surface area contributed by atoms with Gasteiger partial charge in [0.2, 0.25) is 0 Å². The quantitative estimate of drug-likeness (QED) is 0.367. The van der Waals surface area contributed by atoms with E-state index in [0.29, 0.717) is 11.5 Å². The summed E-state index contributed by atoms with van der Waals surface area (Å²) < 4.78 is 0. The molecule has 0 saturated heterocycles. The van der Waals surface area contributed by atoms with E-state index in [2.05, 4.69) is 36.1 Å². The first-order valence-corrected chi connectivity index (χ1v) is 5.59. The lowest BCUT2D eigenvalue weighted by molar-refractivity contribution is 0.341. The van der Waals surface area contributed by atoms with Crippen LogP contribution in [0.5, 0.6) is 0 Å². The van der Waals surface area contributed by atoms with Crippen molar-refractivity contribution in [2.75, 3.05) is 0 Å². The van der Waals surface area contributed by atoms with Crippen molar-refractivity contribution < 1.29 is 0 Å². The predicted octanol–water partition coefficient (Wildman–Crippen LogP) is 2.33. The maximum absolute atomic E-state index is 8.74. The first-order chi connectivity index (χ1) is 7.95. The van der Waals surface area contributed by atoms with Gasteiger partial charge in [0.15, 0.2) is 12.0 Å². The van der Waals surface area contributed by atoms with E-state index in [1.165, 1.54) is 0 Å². The zero-order valence-electron chi connectivity index (χ0n) is 10.7. The number of rotatable bonds is 2. The molecular formula is C13H18N4. The molecule has 0 radical (unpaired) electrons. The van der Waals surface area contributed by atoms with Crippen molar-refractivity contribution in [1.29, 1.82) is 5.26 Å². The Bertz CT molecular complexity index is 423. The number of aliphatic imine (C=N–C) groups is 1. The Kier molecular flexibility index (Phi) is 4.22. The highest BCUT2D eigenvalue weighted by molar-refractivity contribution is 5.98. The molecule has 1 aromatic heterocycles. The zero-order valence-corrected chi connectivity index (χ0v) is 10.7. The van der Waals surface area contributed by atoms with E-state index in [1.807, 2.05) is 31.3 Å². The summed E-state index contributed by atoms with van der Waals surface area (Å²) in [6, 6.07) is 5.64. The van der Waals surface area contributed by atoms with Crippen molar-refractivity contribution in [2.24, 2.45) is 10.4 Å². The van der Waals surface area contributed by atoms with Crippen LogP contribution in [0.15, 0.2) is 29.4 Å². The number of aromatic nitrogens is 1. The Morgan fingerprint density at radius 2 is 2.18 bits per heavy atom. The zero-order chi connectivity index (χ0) is 12.9. The monoisotopic (exact) mass is 230 g/mol. The van der Waals surface area contributed by atoms with Crippen LogP contribution in [0.4, 0.5) is 0 Å². The number of hydrogen-bond acceptors (Lipinski definition) is 3. The lowest BCUT2D eigenvalue weighted by Crippen LogP contribution is -2.28. The minimum absolute atomic E-state index is 0.0527. The summed E-state index contributed by atoms with van der Waals surface area (Å²) >= 11 is 0. The van der Waals surface area contributed by atoms with Crippen molar-refractivity contribution in [2.45, 2.75) is 33.7 Å². The summed E-state index contributed by atoms with van der Waals surface area (Å²) in [4.78, 5) is 8.72. The summed E-state index contributed by atoms with van der Waals surface area (Å²) in [5, 5.41) is 11.3. The Morgan fingerprint density at radius 3 is 2.65 bits per heavy atom. The Labute approximate surface area is 102 Å². The molecule has 0 aromatic carbocycles. The molecule has 0 fully saturated rings. The van der Waals surface area contributed by atoms with E-state index in [-0.39, 0.29) is 11.5 Å². The van der Waals surface area contributed by atoms with Crippen LogP contribution in [0.3, 0.4) is 0 Å². The smallest absolute Gasteiger partial charge is 0.182 e. The summed E-state index contributed by atoms with van der Waals surface area (Å²) in [5.41, 5.74) is 0.738. The molecule has 90 valence electrons. The van der Waals surface area contributed by atoms with Crippen molar-refractivity contribution in [3.63, 3.8) is 0 Å². The van der Waals surface area contributed by atoms with Crippen molar-refractivity contribution in [3.8, 4) is 6.19 Å². The van der Waals surface area contributed by atoms with Gasteiger partial charge in [-0.3, -0.25) is 15.3 Å². The molecule has 1 N–H and O–H groups in total. The number of nitriles is 1. The van der Waals surface area contributed by atoms with Gasteiger partial charge in [-0.2, -0.15) is 5.26 Å². The molecule has 1 heterocycles. The van der Waals surface area contributed by atoms with Crippen molar-refractivity contribution in [3.05, 3.63) is 30.1 Å². The van der Waals surface area contributed by atoms with Gasteiger partial charge < -0.3 is 0 Å². The molecule has 0 aliphatic rings. The number of hydrogen-bond donors (Lipinski definition) is 1. The number of nitrogens with zero attached hydrogens (tertiary/aromatic N) is 3. The van der Waals surface area contributed by atoms with Gasteiger partial charge in [-0.1, -0.05) is 26.8 Å². The molecule has 4 nitrogen and oxygen atoms in total. The maximum atomic E-state index is 8.74. The second kappa shape index (κ2) is 5.44. The van der Waals surface area contributed by atoms with Gasteiger partial charge in [0, 0.05) is 6.20 Å². The maximum Gasteiger partial charge on any atom is 0.182 e. The third kappa shape index (κ3) is 3.87. The molecule has 0 bridgehead atoms. The van der Waals surface area contributed by atoms with Crippen LogP contribution < -0.4 is 5.32 Å². The molecule has 0 aliphatic heterocycles. The fourth-order valence-corrected chi connectivity index (χ4v) is 1.11. The van der Waals surface area contributed by atoms with E-state index in [9.17, 15) is 0 Å². The second-order valence-electron chi connectivity index (χ2n) is 4.97. The standard InChI is InChI=1S/C13H18N4/c1-10(13(2,3)4)17-12(16-9-14)11-7-5-6-8-15-11/h5-8,10H,1-4H3,(H,16,17). The van der Waals surface area contributed by atoms with Gasteiger partial charge in [0.05, 0.1) is 6.04 Å². The van der Waals surface area contributed by atoms with Gasteiger partial charge in [-0.15, -0.1) is 0 Å². The fraction of sp³-hybridized carbons (Fsp3) is 0.462. The largest absolute Gasteiger partial charge is 0.275 e. The second-order valence-corrected chi connectivity index (χ2v) is 4.97. The average molecular weight is 230 g/mol. The topological polar surface area (TPSA) is 61.1 Å². The first kappa shape index (κ1) is 13.2. The third-order valence-corrected chi connectivity index (χ3v) is 2.66. The molecule has 1 rings (SSSR count). The number of amidine groups is 1. The summed E-state index contributed by atoms with van der Waals surface area (Å²) in [7, 11) is 0. The molecule has 1 atom stereocenters. The van der Waals surface area contributed by atoms with Gasteiger partial charge in [-0.05, 0) is 24.5 Å². The van der Waals surface area contributed by atoms with Gasteiger partial charge >= 0.3 is 0 Å². The Balaban J connectivity index is 3.03. The number of pyridine rings is 1. The van der Waals surface area contributed by atoms with E-state index in [0.717, 1.165) is 0 Å². The Morgan fingerprint density at radius 1 is 1.47 bits per heavy atom. The lowest BCUT2D eigenvalue weighted by Gasteiger charge is -2.24. The highest BCUT2D eigenvalue weighted by atomic mass is 15.0. The van der Waals surface area contributed by atoms with Crippen LogP contribution in [0.25, 0.3) is 0 Å². The van der Waals surface area contributed by atoms with Crippen LogP contribution in [-0.4, -0.2) is 16.9 Å². The molecule has 0 saturated carbocycles. The molecule has 0 aliphatic carbocycles. The van der Waals surface area contributed by atoms with Crippen molar-refractivity contribution >= 4 is 5.84 Å². The van der Waals surface area contributed by atoms with Crippen molar-refractivity contribution in [1.82, 2.24) is 10.3 Å². The van der Waals surface area contributed by atoms with Gasteiger partial charge in [0.1, 0.15) is 5.69 Å². The summed E-state index contributed by atoms with van der Waals surface area (Å²) in [6.07, 6.45) is 3.59. The SMILES string of the molecule is CC(/N=C(\NC#N)c1ccccn1)C(C)(C)C. The van der Waals surface area contributed by atoms with Gasteiger partial charge in [-0.25, -0.2) is 0 Å². The molecule has 4 heteroatoms. The lowest BCUT2D eigenvalue weighted by atomic mass is 9.88. The molecular weight excluding hydrogens is 212 g/mol. The number of nitrogens with one attached hydrogen (secondary N) is 1. The minimum atomic E-state index is 0.0527.